The first kappa shape index (κ1) is 25.5. The van der Waals surface area contributed by atoms with E-state index in [1.54, 1.807) is 69.7 Å². The first-order valence-electron chi connectivity index (χ1n) is 11.5. The van der Waals surface area contributed by atoms with Gasteiger partial charge in [-0.05, 0) is 79.1 Å². The molecule has 1 aliphatic heterocycles. The minimum Gasteiger partial charge on any atom is -0.507 e. The number of rotatable bonds is 6. The van der Waals surface area contributed by atoms with E-state index < -0.39 is 23.7 Å². The highest BCUT2D eigenvalue weighted by Crippen LogP contribution is 2.43. The minimum atomic E-state index is -0.920. The second kappa shape index (κ2) is 10.2. The molecule has 1 aliphatic rings. The van der Waals surface area contributed by atoms with E-state index in [1.165, 1.54) is 24.1 Å². The Balaban J connectivity index is 1.92. The third-order valence-electron chi connectivity index (χ3n) is 6.44. The fourth-order valence-electron chi connectivity index (χ4n) is 4.49. The maximum atomic E-state index is 13.4. The van der Waals surface area contributed by atoms with E-state index >= 15 is 0 Å². The van der Waals surface area contributed by atoms with Crippen molar-refractivity contribution in [3.8, 4) is 11.5 Å². The molecule has 3 aromatic carbocycles. The van der Waals surface area contributed by atoms with Gasteiger partial charge in [-0.1, -0.05) is 12.1 Å². The Labute approximate surface area is 214 Å². The Bertz CT molecular complexity index is 1410. The van der Waals surface area contributed by atoms with Crippen molar-refractivity contribution in [1.29, 1.82) is 0 Å². The van der Waals surface area contributed by atoms with Crippen molar-refractivity contribution >= 4 is 29.1 Å². The summed E-state index contributed by atoms with van der Waals surface area (Å²) in [7, 11) is 4.38. The number of nitrogens with zero attached hydrogens (tertiary/aromatic N) is 1. The van der Waals surface area contributed by atoms with Crippen molar-refractivity contribution < 1.29 is 33.7 Å². The van der Waals surface area contributed by atoms with Crippen molar-refractivity contribution in [3.63, 3.8) is 0 Å². The number of hydrogen-bond acceptors (Lipinski definition) is 7. The van der Waals surface area contributed by atoms with Gasteiger partial charge in [0.2, 0.25) is 0 Å². The summed E-state index contributed by atoms with van der Waals surface area (Å²) >= 11 is 0. The molecule has 3 aromatic rings. The van der Waals surface area contributed by atoms with E-state index in [9.17, 15) is 19.5 Å². The quantitative estimate of drug-likeness (QED) is 0.225. The molecule has 0 aliphatic carbocycles. The SMILES string of the molecule is COC(=O)c1ccc(N2C(=O)C(=O)/C(=C(/O)c3cc(C)c(OC)cc3C)C2c2ccc(OC)cc2)cc1. The zero-order chi connectivity index (χ0) is 26.9. The first-order chi connectivity index (χ1) is 17.7. The van der Waals surface area contributed by atoms with Crippen LogP contribution in [0, 0.1) is 13.8 Å². The predicted molar refractivity (Wildman–Crippen MR) is 138 cm³/mol. The zero-order valence-corrected chi connectivity index (χ0v) is 21.2. The monoisotopic (exact) mass is 501 g/mol. The van der Waals surface area contributed by atoms with Gasteiger partial charge in [-0.3, -0.25) is 14.5 Å². The van der Waals surface area contributed by atoms with Gasteiger partial charge >= 0.3 is 5.97 Å². The van der Waals surface area contributed by atoms with Gasteiger partial charge in [0.15, 0.2) is 0 Å². The summed E-state index contributed by atoms with van der Waals surface area (Å²) in [4.78, 5) is 40.0. The smallest absolute Gasteiger partial charge is 0.337 e. The molecule has 1 saturated heterocycles. The lowest BCUT2D eigenvalue weighted by Gasteiger charge is -2.26. The van der Waals surface area contributed by atoms with Crippen molar-refractivity contribution in [2.45, 2.75) is 19.9 Å². The zero-order valence-electron chi connectivity index (χ0n) is 21.2. The average Bonchev–Trinajstić information content (AvgIpc) is 3.19. The number of esters is 1. The fourth-order valence-corrected chi connectivity index (χ4v) is 4.49. The van der Waals surface area contributed by atoms with Crippen LogP contribution in [0.25, 0.3) is 5.76 Å². The molecule has 0 radical (unpaired) electrons. The van der Waals surface area contributed by atoms with E-state index in [4.69, 9.17) is 14.2 Å². The van der Waals surface area contributed by atoms with Gasteiger partial charge in [0.1, 0.15) is 17.3 Å². The summed E-state index contributed by atoms with van der Waals surface area (Å²) in [5.41, 5.74) is 3.12. The Kier molecular flexibility index (Phi) is 7.02. The molecule has 1 amide bonds. The number of aliphatic hydroxyl groups is 1. The third-order valence-corrected chi connectivity index (χ3v) is 6.44. The van der Waals surface area contributed by atoms with Gasteiger partial charge in [-0.2, -0.15) is 0 Å². The molecular weight excluding hydrogens is 474 g/mol. The highest BCUT2D eigenvalue weighted by Gasteiger charge is 2.47. The summed E-state index contributed by atoms with van der Waals surface area (Å²) in [6, 6.07) is 15.7. The van der Waals surface area contributed by atoms with E-state index in [0.717, 1.165) is 5.56 Å². The number of methoxy groups -OCH3 is 3. The Morgan fingerprint density at radius 3 is 2.08 bits per heavy atom. The lowest BCUT2D eigenvalue weighted by Crippen LogP contribution is -2.29. The number of ether oxygens (including phenoxy) is 3. The highest BCUT2D eigenvalue weighted by atomic mass is 16.5. The molecule has 0 saturated carbocycles. The van der Waals surface area contributed by atoms with Crippen molar-refractivity contribution in [2.75, 3.05) is 26.2 Å². The maximum Gasteiger partial charge on any atom is 0.337 e. The topological polar surface area (TPSA) is 102 Å². The molecule has 190 valence electrons. The molecule has 8 nitrogen and oxygen atoms in total. The molecular formula is C29H27NO7. The lowest BCUT2D eigenvalue weighted by molar-refractivity contribution is -0.132. The van der Waals surface area contributed by atoms with Gasteiger partial charge < -0.3 is 19.3 Å². The summed E-state index contributed by atoms with van der Waals surface area (Å²) in [6.45, 7) is 3.62. The number of aryl methyl sites for hydroxylation is 2. The molecule has 1 fully saturated rings. The Hall–Kier alpha value is -4.59. The van der Waals surface area contributed by atoms with Crippen LogP contribution in [0.4, 0.5) is 5.69 Å². The highest BCUT2D eigenvalue weighted by molar-refractivity contribution is 6.51. The van der Waals surface area contributed by atoms with Gasteiger partial charge in [0, 0.05) is 11.3 Å². The second-order valence-corrected chi connectivity index (χ2v) is 8.62. The number of Topliss-reactive ketones (excluding diaryl/α,β-unsaturated/α-hetero) is 1. The van der Waals surface area contributed by atoms with Crippen LogP contribution in [0.3, 0.4) is 0 Å². The van der Waals surface area contributed by atoms with Gasteiger partial charge in [-0.15, -0.1) is 0 Å². The van der Waals surface area contributed by atoms with Crippen molar-refractivity contribution in [1.82, 2.24) is 0 Å². The number of aliphatic hydroxyl groups excluding tert-OH is 1. The average molecular weight is 502 g/mol. The number of carbonyl (C=O) groups excluding carboxylic acids is 3. The van der Waals surface area contributed by atoms with Crippen LogP contribution in [-0.4, -0.2) is 44.1 Å². The van der Waals surface area contributed by atoms with Crippen LogP contribution in [0.5, 0.6) is 11.5 Å². The number of ketones is 1. The Morgan fingerprint density at radius 2 is 1.51 bits per heavy atom. The van der Waals surface area contributed by atoms with Crippen LogP contribution in [0.15, 0.2) is 66.2 Å². The lowest BCUT2D eigenvalue weighted by atomic mass is 9.93. The van der Waals surface area contributed by atoms with Crippen molar-refractivity contribution in [3.05, 3.63) is 94.1 Å². The minimum absolute atomic E-state index is 0.0418. The predicted octanol–water partition coefficient (Wildman–Crippen LogP) is 4.73. The van der Waals surface area contributed by atoms with E-state index in [-0.39, 0.29) is 11.3 Å². The van der Waals surface area contributed by atoms with E-state index in [0.29, 0.717) is 39.4 Å². The number of carbonyl (C=O) groups is 3. The van der Waals surface area contributed by atoms with Gasteiger partial charge in [0.25, 0.3) is 11.7 Å². The van der Waals surface area contributed by atoms with E-state index in [2.05, 4.69) is 0 Å². The van der Waals surface area contributed by atoms with Gasteiger partial charge in [0.05, 0.1) is 38.5 Å². The fraction of sp³-hybridized carbons (Fsp3) is 0.207. The second-order valence-electron chi connectivity index (χ2n) is 8.62. The molecule has 1 unspecified atom stereocenters. The van der Waals surface area contributed by atoms with Crippen LogP contribution in [0.2, 0.25) is 0 Å². The van der Waals surface area contributed by atoms with Crippen LogP contribution in [0.1, 0.15) is 38.7 Å². The number of benzene rings is 3. The molecule has 0 spiro atoms. The number of hydrogen-bond donors (Lipinski definition) is 1. The molecule has 37 heavy (non-hydrogen) atoms. The van der Waals surface area contributed by atoms with Crippen LogP contribution < -0.4 is 14.4 Å². The van der Waals surface area contributed by atoms with E-state index in [1.807, 2.05) is 6.92 Å². The third kappa shape index (κ3) is 4.53. The molecule has 0 aromatic heterocycles. The van der Waals surface area contributed by atoms with Crippen LogP contribution >= 0.6 is 0 Å². The first-order valence-corrected chi connectivity index (χ1v) is 11.5. The summed E-state index contributed by atoms with van der Waals surface area (Å²) in [6.07, 6.45) is 0. The number of amides is 1. The summed E-state index contributed by atoms with van der Waals surface area (Å²) < 4.78 is 15.4. The standard InChI is InChI=1S/C29H27NO7/c1-16-15-23(36-4)17(2)14-22(16)26(31)24-25(18-8-12-21(35-3)13-9-18)30(28(33)27(24)32)20-10-6-19(7-11-20)29(34)37-5/h6-15,25,31H,1-5H3/b26-24+. The molecule has 1 atom stereocenters. The Morgan fingerprint density at radius 1 is 0.865 bits per heavy atom. The van der Waals surface area contributed by atoms with Crippen LogP contribution in [-0.2, 0) is 14.3 Å². The summed E-state index contributed by atoms with van der Waals surface area (Å²) in [5, 5.41) is 11.5. The van der Waals surface area contributed by atoms with Gasteiger partial charge in [-0.25, -0.2) is 4.79 Å². The summed E-state index contributed by atoms with van der Waals surface area (Å²) in [5.74, 6) is -1.17. The normalized spacial score (nSPS) is 16.6. The molecule has 4 rings (SSSR count). The molecule has 0 bridgehead atoms. The van der Waals surface area contributed by atoms with Crippen molar-refractivity contribution in [2.24, 2.45) is 0 Å². The molecule has 8 heteroatoms. The number of anilines is 1. The largest absolute Gasteiger partial charge is 0.507 e. The molecule has 1 N–H and O–H groups in total. The molecule has 1 heterocycles. The maximum absolute atomic E-state index is 13.4.